The summed E-state index contributed by atoms with van der Waals surface area (Å²) >= 11 is 1.50. The van der Waals surface area contributed by atoms with Gasteiger partial charge in [0.1, 0.15) is 5.82 Å². The average molecular weight is 395 g/mol. The number of aryl methyl sites for hydroxylation is 1. The Morgan fingerprint density at radius 2 is 1.82 bits per heavy atom. The molecule has 0 atom stereocenters. The van der Waals surface area contributed by atoms with Gasteiger partial charge in [-0.05, 0) is 23.6 Å². The van der Waals surface area contributed by atoms with Gasteiger partial charge in [-0.2, -0.15) is 4.98 Å². The summed E-state index contributed by atoms with van der Waals surface area (Å²) in [7, 11) is 2.99. The molecule has 4 aromatic heterocycles. The van der Waals surface area contributed by atoms with Crippen LogP contribution in [-0.2, 0) is 14.1 Å². The maximum absolute atomic E-state index is 14.7. The standard InChI is InChI=1S/C19H14FN5O2S/c1-22-16-15(17(26)23(2)19(22)27)24-10-13(14-8-5-9-28-14)25(18(24)21-16)12-7-4-3-6-11(12)20/h3-10H,1-2H3. The summed E-state index contributed by atoms with van der Waals surface area (Å²) in [6, 6.07) is 10.2. The molecule has 0 aliphatic heterocycles. The third kappa shape index (κ3) is 2.10. The van der Waals surface area contributed by atoms with Crippen molar-refractivity contribution in [2.24, 2.45) is 14.1 Å². The Morgan fingerprint density at radius 1 is 1.04 bits per heavy atom. The van der Waals surface area contributed by atoms with Crippen LogP contribution in [0, 0.1) is 5.82 Å². The quantitative estimate of drug-likeness (QED) is 0.461. The van der Waals surface area contributed by atoms with Gasteiger partial charge in [0, 0.05) is 20.3 Å². The molecule has 0 saturated carbocycles. The summed E-state index contributed by atoms with van der Waals surface area (Å²) in [6.45, 7) is 0. The van der Waals surface area contributed by atoms with Crippen molar-refractivity contribution in [2.45, 2.75) is 0 Å². The van der Waals surface area contributed by atoms with Crippen LogP contribution < -0.4 is 11.2 Å². The zero-order valence-corrected chi connectivity index (χ0v) is 15.8. The van der Waals surface area contributed by atoms with Crippen LogP contribution >= 0.6 is 11.3 Å². The van der Waals surface area contributed by atoms with Gasteiger partial charge in [0.25, 0.3) is 5.56 Å². The number of halogens is 1. The molecule has 0 unspecified atom stereocenters. The summed E-state index contributed by atoms with van der Waals surface area (Å²) < 4.78 is 20.3. The number of thiophene rings is 1. The molecule has 28 heavy (non-hydrogen) atoms. The lowest BCUT2D eigenvalue weighted by Crippen LogP contribution is -2.37. The molecule has 0 fully saturated rings. The lowest BCUT2D eigenvalue weighted by Gasteiger charge is -2.08. The minimum absolute atomic E-state index is 0.255. The molecule has 4 heterocycles. The van der Waals surface area contributed by atoms with Crippen molar-refractivity contribution < 1.29 is 4.39 Å². The molecule has 0 bridgehead atoms. The SMILES string of the molecule is Cn1c(=O)c2c(nc3n(-c4ccccc4F)c(-c4cccs4)cn23)n(C)c1=O. The maximum atomic E-state index is 14.7. The zero-order chi connectivity index (χ0) is 19.6. The second-order valence-corrected chi connectivity index (χ2v) is 7.39. The minimum Gasteiger partial charge on any atom is -0.279 e. The first-order valence-corrected chi connectivity index (χ1v) is 9.35. The minimum atomic E-state index is -0.464. The van der Waals surface area contributed by atoms with Gasteiger partial charge in [0.05, 0.1) is 16.3 Å². The molecular weight excluding hydrogens is 381 g/mol. The van der Waals surface area contributed by atoms with E-state index in [-0.39, 0.29) is 11.2 Å². The highest BCUT2D eigenvalue weighted by atomic mass is 32.1. The monoisotopic (exact) mass is 395 g/mol. The van der Waals surface area contributed by atoms with Gasteiger partial charge < -0.3 is 0 Å². The largest absolute Gasteiger partial charge is 0.332 e. The highest BCUT2D eigenvalue weighted by Crippen LogP contribution is 2.32. The van der Waals surface area contributed by atoms with Crippen molar-refractivity contribution in [3.8, 4) is 16.3 Å². The molecular formula is C19H14FN5O2S. The second-order valence-electron chi connectivity index (χ2n) is 6.44. The number of para-hydroxylation sites is 1. The van der Waals surface area contributed by atoms with E-state index in [9.17, 15) is 14.0 Å². The van der Waals surface area contributed by atoms with Crippen LogP contribution in [0.1, 0.15) is 0 Å². The number of nitrogens with zero attached hydrogens (tertiary/aromatic N) is 5. The lowest BCUT2D eigenvalue weighted by atomic mass is 10.3. The number of hydrogen-bond acceptors (Lipinski definition) is 4. The summed E-state index contributed by atoms with van der Waals surface area (Å²) in [5.74, 6) is -0.0472. The van der Waals surface area contributed by atoms with Gasteiger partial charge in [-0.1, -0.05) is 18.2 Å². The fraction of sp³-hybridized carbons (Fsp3) is 0.105. The Balaban J connectivity index is 2.02. The maximum Gasteiger partial charge on any atom is 0.332 e. The third-order valence-corrected chi connectivity index (χ3v) is 5.72. The van der Waals surface area contributed by atoms with Crippen molar-refractivity contribution in [3.63, 3.8) is 0 Å². The van der Waals surface area contributed by atoms with Crippen LogP contribution in [0.3, 0.4) is 0 Å². The first-order chi connectivity index (χ1) is 13.5. The summed E-state index contributed by atoms with van der Waals surface area (Å²) in [4.78, 5) is 30.5. The first kappa shape index (κ1) is 16.7. The highest BCUT2D eigenvalue weighted by Gasteiger charge is 2.23. The summed E-state index contributed by atoms with van der Waals surface area (Å²) in [5.41, 5.74) is 0.639. The van der Waals surface area contributed by atoms with Crippen LogP contribution in [0.4, 0.5) is 4.39 Å². The van der Waals surface area contributed by atoms with Crippen molar-refractivity contribution in [1.82, 2.24) is 23.1 Å². The zero-order valence-electron chi connectivity index (χ0n) is 15.0. The summed E-state index contributed by atoms with van der Waals surface area (Å²) in [5, 5.41) is 1.93. The molecule has 0 aliphatic rings. The van der Waals surface area contributed by atoms with Gasteiger partial charge in [0.15, 0.2) is 11.2 Å². The van der Waals surface area contributed by atoms with Crippen LogP contribution in [0.5, 0.6) is 0 Å². The lowest BCUT2D eigenvalue weighted by molar-refractivity contribution is 0.619. The fourth-order valence-corrected chi connectivity index (χ4v) is 4.17. The van der Waals surface area contributed by atoms with E-state index in [0.717, 1.165) is 9.44 Å². The molecule has 9 heteroatoms. The van der Waals surface area contributed by atoms with Crippen LogP contribution in [0.25, 0.3) is 33.2 Å². The van der Waals surface area contributed by atoms with Crippen LogP contribution in [0.15, 0.2) is 57.6 Å². The Labute approximate surface area is 161 Å². The molecule has 140 valence electrons. The van der Waals surface area contributed by atoms with Gasteiger partial charge in [-0.15, -0.1) is 11.3 Å². The molecule has 7 nitrogen and oxygen atoms in total. The number of imidazole rings is 2. The second kappa shape index (κ2) is 5.77. The highest BCUT2D eigenvalue weighted by molar-refractivity contribution is 7.13. The summed E-state index contributed by atoms with van der Waals surface area (Å²) in [6.07, 6.45) is 1.76. The van der Waals surface area contributed by atoms with E-state index in [4.69, 9.17) is 0 Å². The van der Waals surface area contributed by atoms with Gasteiger partial charge in [0.2, 0.25) is 5.78 Å². The van der Waals surface area contributed by atoms with E-state index in [1.54, 1.807) is 40.4 Å². The predicted octanol–water partition coefficient (Wildman–Crippen LogP) is 2.54. The van der Waals surface area contributed by atoms with Crippen LogP contribution in [-0.4, -0.2) is 23.1 Å². The Kier molecular flexibility index (Phi) is 3.44. The normalized spacial score (nSPS) is 11.7. The third-order valence-electron chi connectivity index (χ3n) is 4.83. The number of rotatable bonds is 2. The van der Waals surface area contributed by atoms with E-state index in [1.165, 1.54) is 29.0 Å². The van der Waals surface area contributed by atoms with E-state index < -0.39 is 17.1 Å². The molecule has 0 amide bonds. The number of fused-ring (bicyclic) bond motifs is 3. The first-order valence-electron chi connectivity index (χ1n) is 8.47. The predicted molar refractivity (Wildman–Crippen MR) is 106 cm³/mol. The Bertz CT molecular complexity index is 1490. The Hall–Kier alpha value is -3.46. The number of aromatic nitrogens is 5. The topological polar surface area (TPSA) is 66.2 Å². The molecule has 1 aromatic carbocycles. The molecule has 0 saturated heterocycles. The number of hydrogen-bond donors (Lipinski definition) is 0. The van der Waals surface area contributed by atoms with Crippen LogP contribution in [0.2, 0.25) is 0 Å². The molecule has 0 aliphatic carbocycles. The van der Waals surface area contributed by atoms with E-state index in [0.29, 0.717) is 17.2 Å². The van der Waals surface area contributed by atoms with Crippen molar-refractivity contribution in [1.29, 1.82) is 0 Å². The molecule has 5 rings (SSSR count). The van der Waals surface area contributed by atoms with Crippen molar-refractivity contribution in [2.75, 3.05) is 0 Å². The number of benzene rings is 1. The van der Waals surface area contributed by atoms with E-state index in [1.807, 2.05) is 17.5 Å². The molecule has 0 spiro atoms. The average Bonchev–Trinajstić information content (AvgIpc) is 3.40. The van der Waals surface area contributed by atoms with Crippen molar-refractivity contribution in [3.05, 3.63) is 74.6 Å². The molecule has 5 aromatic rings. The Morgan fingerprint density at radius 3 is 2.54 bits per heavy atom. The van der Waals surface area contributed by atoms with E-state index in [2.05, 4.69) is 4.98 Å². The van der Waals surface area contributed by atoms with Crippen molar-refractivity contribution >= 4 is 28.3 Å². The fourth-order valence-electron chi connectivity index (χ4n) is 3.44. The van der Waals surface area contributed by atoms with E-state index >= 15 is 0 Å². The smallest absolute Gasteiger partial charge is 0.279 e. The van der Waals surface area contributed by atoms with Gasteiger partial charge in [-0.3, -0.25) is 22.9 Å². The molecule has 0 radical (unpaired) electrons. The van der Waals surface area contributed by atoms with Gasteiger partial charge in [-0.25, -0.2) is 9.18 Å². The molecule has 0 N–H and O–H groups in total. The van der Waals surface area contributed by atoms with Gasteiger partial charge >= 0.3 is 5.69 Å².